The fourth-order valence-corrected chi connectivity index (χ4v) is 3.50. The largest absolute Gasteiger partial charge is 0.486 e. The second-order valence-corrected chi connectivity index (χ2v) is 6.69. The third-order valence-electron chi connectivity index (χ3n) is 4.97. The van der Waals surface area contributed by atoms with E-state index in [9.17, 15) is 4.79 Å². The lowest BCUT2D eigenvalue weighted by Crippen LogP contribution is -2.34. The average molecular weight is 353 g/mol. The molecule has 2 aromatic rings. The van der Waals surface area contributed by atoms with Gasteiger partial charge in [-0.25, -0.2) is 0 Å². The molecule has 0 saturated carbocycles. The zero-order chi connectivity index (χ0) is 18.4. The quantitative estimate of drug-likeness (QED) is 0.807. The van der Waals surface area contributed by atoms with Gasteiger partial charge in [-0.05, 0) is 29.2 Å². The number of nitrogens with one attached hydrogen (secondary N) is 1. The van der Waals surface area contributed by atoms with E-state index in [1.54, 1.807) is 0 Å². The van der Waals surface area contributed by atoms with Gasteiger partial charge in [0.25, 0.3) is 0 Å². The third-order valence-corrected chi connectivity index (χ3v) is 4.97. The molecule has 1 amide bonds. The lowest BCUT2D eigenvalue weighted by Gasteiger charge is -2.27. The van der Waals surface area contributed by atoms with Crippen LogP contribution >= 0.6 is 0 Å². The van der Waals surface area contributed by atoms with Crippen molar-refractivity contribution >= 4 is 5.91 Å². The molecule has 0 saturated heterocycles. The summed E-state index contributed by atoms with van der Waals surface area (Å²) in [7, 11) is 0. The van der Waals surface area contributed by atoms with Crippen molar-refractivity contribution < 1.29 is 14.3 Å². The summed E-state index contributed by atoms with van der Waals surface area (Å²) in [6, 6.07) is 16.0. The first kappa shape index (κ1) is 18.3. The van der Waals surface area contributed by atoms with Gasteiger partial charge < -0.3 is 14.8 Å². The molecule has 4 nitrogen and oxygen atoms in total. The second-order valence-electron chi connectivity index (χ2n) is 6.69. The Hall–Kier alpha value is -2.49. The first-order valence-electron chi connectivity index (χ1n) is 9.44. The van der Waals surface area contributed by atoms with E-state index in [-0.39, 0.29) is 11.9 Å². The van der Waals surface area contributed by atoms with Crippen molar-refractivity contribution in [1.29, 1.82) is 0 Å². The smallest absolute Gasteiger partial charge is 0.224 e. The van der Waals surface area contributed by atoms with Crippen molar-refractivity contribution in [2.24, 2.45) is 5.92 Å². The molecule has 1 atom stereocenters. The Balaban J connectivity index is 1.71. The van der Waals surface area contributed by atoms with Gasteiger partial charge in [0.2, 0.25) is 5.91 Å². The van der Waals surface area contributed by atoms with Crippen LogP contribution in [0.1, 0.15) is 43.9 Å². The van der Waals surface area contributed by atoms with Crippen molar-refractivity contribution in [3.8, 4) is 11.5 Å². The molecule has 0 aliphatic carbocycles. The van der Waals surface area contributed by atoms with Crippen LogP contribution in [0.25, 0.3) is 0 Å². The SMILES string of the molecule is CCC(CC)C(NC(=O)Cc1ccc2c(c1)OCCO2)c1ccccc1. The highest BCUT2D eigenvalue weighted by Gasteiger charge is 2.22. The van der Waals surface area contributed by atoms with Crippen molar-refractivity contribution in [3.05, 3.63) is 59.7 Å². The molecule has 1 aliphatic rings. The molecule has 1 heterocycles. The van der Waals surface area contributed by atoms with E-state index in [0.29, 0.717) is 25.6 Å². The normalized spacial score (nSPS) is 14.1. The van der Waals surface area contributed by atoms with E-state index < -0.39 is 0 Å². The number of rotatable bonds is 7. The van der Waals surface area contributed by atoms with Crippen LogP contribution in [0.5, 0.6) is 11.5 Å². The standard InChI is InChI=1S/C22H27NO3/c1-3-17(4-2)22(18-8-6-5-7-9-18)23-21(24)15-16-10-11-19-20(14-16)26-13-12-25-19/h5-11,14,17,22H,3-4,12-13,15H2,1-2H3,(H,23,24). The summed E-state index contributed by atoms with van der Waals surface area (Å²) < 4.78 is 11.2. The number of benzene rings is 2. The molecule has 0 radical (unpaired) electrons. The number of carbonyl (C=O) groups excluding carboxylic acids is 1. The minimum absolute atomic E-state index is 0.0300. The Morgan fingerprint density at radius 2 is 1.69 bits per heavy atom. The van der Waals surface area contributed by atoms with Crippen LogP contribution in [0, 0.1) is 5.92 Å². The van der Waals surface area contributed by atoms with Crippen LogP contribution in [0.15, 0.2) is 48.5 Å². The van der Waals surface area contributed by atoms with Crippen LogP contribution in [0.2, 0.25) is 0 Å². The Morgan fingerprint density at radius 3 is 2.38 bits per heavy atom. The molecule has 4 heteroatoms. The molecular formula is C22H27NO3. The van der Waals surface area contributed by atoms with Crippen LogP contribution in [-0.2, 0) is 11.2 Å². The fourth-order valence-electron chi connectivity index (χ4n) is 3.50. The van der Waals surface area contributed by atoms with Gasteiger partial charge in [0.15, 0.2) is 11.5 Å². The third kappa shape index (κ3) is 4.37. The van der Waals surface area contributed by atoms with E-state index in [4.69, 9.17) is 9.47 Å². The monoisotopic (exact) mass is 353 g/mol. The molecule has 138 valence electrons. The van der Waals surface area contributed by atoms with E-state index in [1.165, 1.54) is 0 Å². The van der Waals surface area contributed by atoms with Crippen LogP contribution in [-0.4, -0.2) is 19.1 Å². The summed E-state index contributed by atoms with van der Waals surface area (Å²) >= 11 is 0. The lowest BCUT2D eigenvalue weighted by atomic mass is 9.88. The second kappa shape index (κ2) is 8.75. The molecule has 26 heavy (non-hydrogen) atoms. The molecule has 1 unspecified atom stereocenters. The Bertz CT molecular complexity index is 725. The van der Waals surface area contributed by atoms with Crippen molar-refractivity contribution in [3.63, 3.8) is 0 Å². The van der Waals surface area contributed by atoms with E-state index in [0.717, 1.165) is 35.5 Å². The van der Waals surface area contributed by atoms with Crippen molar-refractivity contribution in [2.75, 3.05) is 13.2 Å². The highest BCUT2D eigenvalue weighted by atomic mass is 16.6. The number of hydrogen-bond acceptors (Lipinski definition) is 3. The maximum absolute atomic E-state index is 12.7. The van der Waals surface area contributed by atoms with Gasteiger partial charge in [-0.2, -0.15) is 0 Å². The number of amides is 1. The zero-order valence-electron chi connectivity index (χ0n) is 15.5. The van der Waals surface area contributed by atoms with Crippen LogP contribution in [0.3, 0.4) is 0 Å². The van der Waals surface area contributed by atoms with Gasteiger partial charge in [-0.3, -0.25) is 4.79 Å². The summed E-state index contributed by atoms with van der Waals surface area (Å²) in [5.74, 6) is 1.92. The minimum atomic E-state index is 0.0300. The van der Waals surface area contributed by atoms with Gasteiger partial charge in [0, 0.05) is 0 Å². The summed E-state index contributed by atoms with van der Waals surface area (Å²) in [5.41, 5.74) is 2.10. The number of ether oxygens (including phenoxy) is 2. The molecule has 0 spiro atoms. The summed E-state index contributed by atoms with van der Waals surface area (Å²) in [4.78, 5) is 12.7. The Kier molecular flexibility index (Phi) is 6.16. The zero-order valence-corrected chi connectivity index (χ0v) is 15.5. The predicted molar refractivity (Wildman–Crippen MR) is 103 cm³/mol. The van der Waals surface area contributed by atoms with Crippen molar-refractivity contribution in [2.45, 2.75) is 39.2 Å². The maximum atomic E-state index is 12.7. The average Bonchev–Trinajstić information content (AvgIpc) is 2.68. The summed E-state index contributed by atoms with van der Waals surface area (Å²) in [6.45, 7) is 5.47. The molecule has 2 aromatic carbocycles. The lowest BCUT2D eigenvalue weighted by molar-refractivity contribution is -0.121. The first-order chi connectivity index (χ1) is 12.7. The minimum Gasteiger partial charge on any atom is -0.486 e. The predicted octanol–water partition coefficient (Wildman–Crippen LogP) is 4.29. The molecule has 0 aromatic heterocycles. The highest BCUT2D eigenvalue weighted by Crippen LogP contribution is 2.31. The molecule has 0 fully saturated rings. The van der Waals surface area contributed by atoms with Crippen molar-refractivity contribution in [1.82, 2.24) is 5.32 Å². The molecule has 3 rings (SSSR count). The number of fused-ring (bicyclic) bond motifs is 1. The first-order valence-corrected chi connectivity index (χ1v) is 9.44. The Morgan fingerprint density at radius 1 is 1.00 bits per heavy atom. The van der Waals surface area contributed by atoms with Crippen LogP contribution < -0.4 is 14.8 Å². The summed E-state index contributed by atoms with van der Waals surface area (Å²) in [5, 5.41) is 3.25. The van der Waals surface area contributed by atoms with E-state index >= 15 is 0 Å². The van der Waals surface area contributed by atoms with E-state index in [1.807, 2.05) is 36.4 Å². The van der Waals surface area contributed by atoms with Crippen LogP contribution in [0.4, 0.5) is 0 Å². The van der Waals surface area contributed by atoms with Gasteiger partial charge in [0.1, 0.15) is 13.2 Å². The highest BCUT2D eigenvalue weighted by molar-refractivity contribution is 5.79. The van der Waals surface area contributed by atoms with E-state index in [2.05, 4.69) is 31.3 Å². The van der Waals surface area contributed by atoms with Gasteiger partial charge in [-0.1, -0.05) is 63.1 Å². The fraction of sp³-hybridized carbons (Fsp3) is 0.409. The molecular weight excluding hydrogens is 326 g/mol. The Labute approximate surface area is 155 Å². The van der Waals surface area contributed by atoms with Gasteiger partial charge in [-0.15, -0.1) is 0 Å². The van der Waals surface area contributed by atoms with Gasteiger partial charge >= 0.3 is 0 Å². The maximum Gasteiger partial charge on any atom is 0.224 e. The molecule has 0 bridgehead atoms. The summed E-state index contributed by atoms with van der Waals surface area (Å²) in [6.07, 6.45) is 2.39. The molecule has 1 aliphatic heterocycles. The van der Waals surface area contributed by atoms with Gasteiger partial charge in [0.05, 0.1) is 12.5 Å². The molecule has 1 N–H and O–H groups in total. The number of carbonyl (C=O) groups is 1. The number of hydrogen-bond donors (Lipinski definition) is 1. The topological polar surface area (TPSA) is 47.6 Å².